The zero-order valence-electron chi connectivity index (χ0n) is 25.7. The van der Waals surface area contributed by atoms with Gasteiger partial charge in [-0.3, -0.25) is 9.59 Å². The lowest BCUT2D eigenvalue weighted by Gasteiger charge is -2.40. The summed E-state index contributed by atoms with van der Waals surface area (Å²) in [5.74, 6) is -1.22. The maximum atomic E-state index is 12.8. The Labute approximate surface area is 266 Å². The van der Waals surface area contributed by atoms with Crippen molar-refractivity contribution >= 4 is 29.8 Å². The number of terminal acetylenes is 1. The van der Waals surface area contributed by atoms with Gasteiger partial charge in [0.15, 0.2) is 18.2 Å². The summed E-state index contributed by atoms with van der Waals surface area (Å²) in [6.07, 6.45) is 1.83. The van der Waals surface area contributed by atoms with Gasteiger partial charge in [-0.05, 0) is 18.9 Å². The number of carbonyl (C=O) groups excluding carboxylic acids is 3. The molecule has 2 aliphatic rings. The minimum absolute atomic E-state index is 0.00160. The molecule has 1 aliphatic heterocycles. The molecular formula is C28H44N6O12. The van der Waals surface area contributed by atoms with Gasteiger partial charge in [-0.25, -0.2) is 14.6 Å². The van der Waals surface area contributed by atoms with E-state index in [1.165, 1.54) is 6.92 Å². The monoisotopic (exact) mass is 656 g/mol. The van der Waals surface area contributed by atoms with E-state index in [4.69, 9.17) is 46.3 Å². The van der Waals surface area contributed by atoms with E-state index in [2.05, 4.69) is 26.9 Å². The van der Waals surface area contributed by atoms with Gasteiger partial charge in [-0.2, -0.15) is 0 Å². The number of carboxylic acids is 1. The van der Waals surface area contributed by atoms with Crippen molar-refractivity contribution in [3.63, 3.8) is 0 Å². The lowest BCUT2D eigenvalue weighted by molar-refractivity contribution is -0.144. The Hall–Kier alpha value is -4.15. The minimum Gasteiger partial charge on any atom is -0.477 e. The highest BCUT2D eigenvalue weighted by Gasteiger charge is 2.46. The van der Waals surface area contributed by atoms with Gasteiger partial charge in [0.05, 0.1) is 58.3 Å². The molecule has 0 radical (unpaired) electrons. The summed E-state index contributed by atoms with van der Waals surface area (Å²) < 4.78 is 32.3. The minimum atomic E-state index is -1.61. The molecule has 1 saturated carbocycles. The second kappa shape index (κ2) is 20.8. The van der Waals surface area contributed by atoms with Crippen molar-refractivity contribution in [2.24, 2.45) is 22.4 Å². The highest BCUT2D eigenvalue weighted by Crippen LogP contribution is 2.29. The van der Waals surface area contributed by atoms with Crippen LogP contribution in [0.5, 0.6) is 0 Å². The fourth-order valence-electron chi connectivity index (χ4n) is 4.15. The van der Waals surface area contributed by atoms with E-state index in [9.17, 15) is 29.4 Å². The second-order valence-electron chi connectivity index (χ2n) is 10.2. The van der Waals surface area contributed by atoms with Crippen LogP contribution in [0.3, 0.4) is 0 Å². The molecule has 0 bridgehead atoms. The second-order valence-corrected chi connectivity index (χ2v) is 10.2. The quantitative estimate of drug-likeness (QED) is 0.0268. The predicted molar refractivity (Wildman–Crippen MR) is 160 cm³/mol. The number of aliphatic carboxylic acids is 1. The van der Waals surface area contributed by atoms with E-state index < -0.39 is 60.1 Å². The van der Waals surface area contributed by atoms with Crippen molar-refractivity contribution in [3.8, 4) is 12.3 Å². The van der Waals surface area contributed by atoms with E-state index in [0.717, 1.165) is 6.08 Å². The van der Waals surface area contributed by atoms with Gasteiger partial charge >= 0.3 is 12.1 Å². The maximum absolute atomic E-state index is 12.8. The molecule has 3 amide bonds. The summed E-state index contributed by atoms with van der Waals surface area (Å²) in [5, 5.41) is 28.3. The summed E-state index contributed by atoms with van der Waals surface area (Å²) in [6, 6.07) is -2.36. The number of nitrogens with zero attached hydrogens (tertiary/aromatic N) is 1. The Morgan fingerprint density at radius 1 is 1.04 bits per heavy atom. The van der Waals surface area contributed by atoms with Crippen molar-refractivity contribution in [2.75, 3.05) is 65.9 Å². The average molecular weight is 657 g/mol. The van der Waals surface area contributed by atoms with Crippen LogP contribution >= 0.6 is 0 Å². The van der Waals surface area contributed by atoms with Crippen LogP contribution in [0.1, 0.15) is 19.8 Å². The van der Waals surface area contributed by atoms with Gasteiger partial charge in [-0.15, -0.1) is 6.42 Å². The summed E-state index contributed by atoms with van der Waals surface area (Å²) in [5.41, 5.74) is 11.1. The third kappa shape index (κ3) is 14.8. The standard InChI is InChI=1S/C28H44N6O12/c1-3-7-41-9-11-43-13-14-44-12-10-42-8-6-31-28(40)46-23(20(36)16-32-25(37)18-4-5-18)24-22(33-17(2)35)19(34-27(29)30)15-21(45-24)26(38)39/h1,15,18-20,22-24,36H,4-14,16H2,2H3,(H,31,40)(H,32,37)(H,33,35)(H,38,39)(H4,29,30,34)/t19-,20+,22+,23+,24+/m0/s1. The molecule has 0 spiro atoms. The SMILES string of the molecule is C#CCOCCOCCOCCOCCNC(=O)O[C@@H]([C@@H]1OC(C(=O)O)=C[C@H](N=C(N)N)[C@H]1NC(C)=O)[C@H](O)CNC(=O)C1CC1. The molecule has 0 aromatic rings. The lowest BCUT2D eigenvalue weighted by atomic mass is 9.92. The normalized spacial score (nSPS) is 20.1. The van der Waals surface area contributed by atoms with Crippen LogP contribution < -0.4 is 27.4 Å². The Morgan fingerprint density at radius 2 is 1.65 bits per heavy atom. The smallest absolute Gasteiger partial charge is 0.407 e. The highest BCUT2D eigenvalue weighted by atomic mass is 16.6. The molecule has 0 aromatic carbocycles. The number of rotatable bonds is 22. The van der Waals surface area contributed by atoms with Crippen LogP contribution in [-0.2, 0) is 42.8 Å². The Bertz CT molecular complexity index is 1110. The van der Waals surface area contributed by atoms with Gasteiger partial charge in [0.25, 0.3) is 0 Å². The largest absolute Gasteiger partial charge is 0.477 e. The fraction of sp³-hybridized carbons (Fsp3) is 0.679. The van der Waals surface area contributed by atoms with Crippen molar-refractivity contribution in [2.45, 2.75) is 50.2 Å². The zero-order valence-corrected chi connectivity index (χ0v) is 25.7. The first-order valence-corrected chi connectivity index (χ1v) is 14.7. The number of amides is 3. The molecule has 258 valence electrons. The lowest BCUT2D eigenvalue weighted by Crippen LogP contribution is -2.61. The first-order chi connectivity index (χ1) is 22.0. The number of alkyl carbamates (subject to hydrolysis) is 1. The van der Waals surface area contributed by atoms with Crippen LogP contribution in [0.25, 0.3) is 0 Å². The van der Waals surface area contributed by atoms with Crippen LogP contribution in [0.4, 0.5) is 4.79 Å². The molecule has 0 aromatic heterocycles. The van der Waals surface area contributed by atoms with Crippen LogP contribution in [0.15, 0.2) is 16.8 Å². The van der Waals surface area contributed by atoms with Crippen molar-refractivity contribution in [1.82, 2.24) is 16.0 Å². The van der Waals surface area contributed by atoms with Gasteiger partial charge in [0.1, 0.15) is 12.7 Å². The molecule has 0 unspecified atom stereocenters. The molecule has 1 fully saturated rings. The van der Waals surface area contributed by atoms with Crippen molar-refractivity contribution in [1.29, 1.82) is 0 Å². The predicted octanol–water partition coefficient (Wildman–Crippen LogP) is -2.82. The number of carbonyl (C=O) groups is 4. The molecule has 1 heterocycles. The number of aliphatic imine (C=N–C) groups is 1. The number of ether oxygens (including phenoxy) is 6. The molecule has 9 N–H and O–H groups in total. The maximum Gasteiger partial charge on any atom is 0.407 e. The number of carboxylic acid groups (broad SMARTS) is 1. The molecule has 0 saturated heterocycles. The Kier molecular flexibility index (Phi) is 17.2. The number of nitrogens with one attached hydrogen (secondary N) is 3. The van der Waals surface area contributed by atoms with Gasteiger partial charge < -0.3 is 66.1 Å². The number of hydrogen-bond donors (Lipinski definition) is 7. The third-order valence-electron chi connectivity index (χ3n) is 6.38. The van der Waals surface area contributed by atoms with E-state index in [-0.39, 0.29) is 51.3 Å². The number of aliphatic hydroxyl groups is 1. The summed E-state index contributed by atoms with van der Waals surface area (Å²) in [7, 11) is 0. The summed E-state index contributed by atoms with van der Waals surface area (Å²) >= 11 is 0. The number of aliphatic hydroxyl groups excluding tert-OH is 1. The fourth-order valence-corrected chi connectivity index (χ4v) is 4.15. The topological polar surface area (TPSA) is 265 Å². The molecule has 18 nitrogen and oxygen atoms in total. The van der Waals surface area contributed by atoms with Crippen LogP contribution in [0, 0.1) is 18.3 Å². The summed E-state index contributed by atoms with van der Waals surface area (Å²) in [6.45, 7) is 3.14. The van der Waals surface area contributed by atoms with Crippen LogP contribution in [0.2, 0.25) is 0 Å². The van der Waals surface area contributed by atoms with Gasteiger partial charge in [0.2, 0.25) is 17.6 Å². The number of nitrogens with two attached hydrogens (primary N) is 2. The number of hydrogen-bond acceptors (Lipinski definition) is 12. The van der Waals surface area contributed by atoms with E-state index in [1.54, 1.807) is 0 Å². The first kappa shape index (κ1) is 38.0. The Balaban J connectivity index is 1.96. The molecule has 5 atom stereocenters. The van der Waals surface area contributed by atoms with E-state index in [1.807, 2.05) is 0 Å². The zero-order chi connectivity index (χ0) is 33.9. The van der Waals surface area contributed by atoms with Crippen molar-refractivity contribution in [3.05, 3.63) is 11.8 Å². The summed E-state index contributed by atoms with van der Waals surface area (Å²) in [4.78, 5) is 52.9. The molecule has 2 rings (SSSR count). The Morgan fingerprint density at radius 3 is 2.20 bits per heavy atom. The third-order valence-corrected chi connectivity index (χ3v) is 6.38. The van der Waals surface area contributed by atoms with E-state index in [0.29, 0.717) is 39.3 Å². The first-order valence-electron chi connectivity index (χ1n) is 14.7. The molecule has 1 aliphatic carbocycles. The van der Waals surface area contributed by atoms with Gasteiger partial charge in [-0.1, -0.05) is 5.92 Å². The van der Waals surface area contributed by atoms with Crippen LogP contribution in [-0.4, -0.2) is 136 Å². The molecular weight excluding hydrogens is 612 g/mol. The highest BCUT2D eigenvalue weighted by molar-refractivity contribution is 5.85. The number of guanidine groups is 1. The average Bonchev–Trinajstić information content (AvgIpc) is 3.85. The van der Waals surface area contributed by atoms with E-state index >= 15 is 0 Å². The molecule has 18 heteroatoms. The van der Waals surface area contributed by atoms with Crippen molar-refractivity contribution < 1.29 is 57.8 Å². The van der Waals surface area contributed by atoms with Gasteiger partial charge in [0, 0.05) is 25.9 Å². The molecule has 46 heavy (non-hydrogen) atoms.